The molecule has 6 nitrogen and oxygen atoms in total. The maximum atomic E-state index is 11.9. The van der Waals surface area contributed by atoms with Gasteiger partial charge in [0.05, 0.1) is 20.1 Å². The van der Waals surface area contributed by atoms with Gasteiger partial charge >= 0.3 is 0 Å². The molecule has 0 aromatic heterocycles. The van der Waals surface area contributed by atoms with Crippen LogP contribution in [-0.2, 0) is 16.0 Å². The van der Waals surface area contributed by atoms with Gasteiger partial charge in [0.1, 0.15) is 5.75 Å². The first-order valence-electron chi connectivity index (χ1n) is 7.07. The molecule has 0 saturated carbocycles. The molecule has 2 amide bonds. The Balaban J connectivity index is 1.77. The van der Waals surface area contributed by atoms with Crippen molar-refractivity contribution in [3.8, 4) is 5.75 Å². The van der Waals surface area contributed by atoms with Crippen molar-refractivity contribution in [1.82, 2.24) is 15.5 Å². The smallest absolute Gasteiger partial charge is 0.242 e. The summed E-state index contributed by atoms with van der Waals surface area (Å²) in [6.07, 6.45) is 0.242. The molecule has 6 heteroatoms. The zero-order valence-electron chi connectivity index (χ0n) is 12.2. The molecule has 0 radical (unpaired) electrons. The van der Waals surface area contributed by atoms with Crippen molar-refractivity contribution >= 4 is 11.8 Å². The van der Waals surface area contributed by atoms with Gasteiger partial charge in [-0.3, -0.25) is 9.59 Å². The van der Waals surface area contributed by atoms with E-state index in [2.05, 4.69) is 10.6 Å². The number of piperazine rings is 1. The highest BCUT2D eigenvalue weighted by atomic mass is 16.5. The van der Waals surface area contributed by atoms with Crippen LogP contribution in [0.1, 0.15) is 5.56 Å². The van der Waals surface area contributed by atoms with Crippen molar-refractivity contribution in [2.24, 2.45) is 0 Å². The molecule has 1 saturated heterocycles. The first kappa shape index (κ1) is 15.3. The topological polar surface area (TPSA) is 70.7 Å². The van der Waals surface area contributed by atoms with E-state index in [1.165, 1.54) is 0 Å². The molecule has 21 heavy (non-hydrogen) atoms. The van der Waals surface area contributed by atoms with E-state index >= 15 is 0 Å². The molecule has 1 aliphatic rings. The van der Waals surface area contributed by atoms with Crippen molar-refractivity contribution in [2.75, 3.05) is 39.8 Å². The van der Waals surface area contributed by atoms with Crippen LogP contribution in [0, 0.1) is 0 Å². The average molecular weight is 291 g/mol. The van der Waals surface area contributed by atoms with Gasteiger partial charge in [0, 0.05) is 26.2 Å². The third-order valence-electron chi connectivity index (χ3n) is 3.41. The van der Waals surface area contributed by atoms with E-state index in [1.807, 2.05) is 24.3 Å². The second-order valence-electron chi connectivity index (χ2n) is 4.94. The van der Waals surface area contributed by atoms with Gasteiger partial charge in [-0.2, -0.15) is 0 Å². The minimum atomic E-state index is -0.160. The highest BCUT2D eigenvalue weighted by molar-refractivity contribution is 5.85. The van der Waals surface area contributed by atoms with E-state index < -0.39 is 0 Å². The summed E-state index contributed by atoms with van der Waals surface area (Å²) < 4.78 is 5.12. The van der Waals surface area contributed by atoms with Gasteiger partial charge in [-0.05, 0) is 17.7 Å². The maximum Gasteiger partial charge on any atom is 0.242 e. The molecule has 1 heterocycles. The molecular weight excluding hydrogens is 270 g/mol. The van der Waals surface area contributed by atoms with Crippen molar-refractivity contribution in [2.45, 2.75) is 6.42 Å². The summed E-state index contributed by atoms with van der Waals surface area (Å²) in [5.74, 6) is 0.527. The fourth-order valence-corrected chi connectivity index (χ4v) is 2.23. The Bertz CT molecular complexity index is 499. The number of hydrogen-bond acceptors (Lipinski definition) is 4. The summed E-state index contributed by atoms with van der Waals surface area (Å²) in [5, 5.41) is 5.86. The number of ether oxygens (including phenoxy) is 1. The van der Waals surface area contributed by atoms with Gasteiger partial charge < -0.3 is 20.3 Å². The van der Waals surface area contributed by atoms with Crippen LogP contribution in [0.2, 0.25) is 0 Å². The van der Waals surface area contributed by atoms with Gasteiger partial charge in [-0.15, -0.1) is 0 Å². The molecule has 0 unspecified atom stereocenters. The number of nitrogens with one attached hydrogen (secondary N) is 2. The maximum absolute atomic E-state index is 11.9. The van der Waals surface area contributed by atoms with E-state index in [-0.39, 0.29) is 24.8 Å². The van der Waals surface area contributed by atoms with Crippen LogP contribution in [0.4, 0.5) is 0 Å². The number of methoxy groups -OCH3 is 1. The Labute approximate surface area is 124 Å². The SMILES string of the molecule is COc1cccc(CC(=O)NCC(=O)N2CCNCC2)c1. The summed E-state index contributed by atoms with van der Waals surface area (Å²) in [6, 6.07) is 7.35. The molecule has 114 valence electrons. The minimum absolute atomic E-state index is 0.0320. The summed E-state index contributed by atoms with van der Waals surface area (Å²) in [5.41, 5.74) is 0.862. The Morgan fingerprint density at radius 2 is 2.10 bits per heavy atom. The van der Waals surface area contributed by atoms with Crippen LogP contribution in [0.15, 0.2) is 24.3 Å². The van der Waals surface area contributed by atoms with Crippen molar-refractivity contribution in [3.05, 3.63) is 29.8 Å². The van der Waals surface area contributed by atoms with Crippen molar-refractivity contribution in [1.29, 1.82) is 0 Å². The third kappa shape index (κ3) is 4.75. The van der Waals surface area contributed by atoms with Crippen molar-refractivity contribution in [3.63, 3.8) is 0 Å². The molecule has 1 aromatic carbocycles. The highest BCUT2D eigenvalue weighted by Gasteiger charge is 2.16. The van der Waals surface area contributed by atoms with E-state index in [0.717, 1.165) is 24.4 Å². The van der Waals surface area contributed by atoms with Gasteiger partial charge in [-0.1, -0.05) is 12.1 Å². The van der Waals surface area contributed by atoms with Crippen LogP contribution >= 0.6 is 0 Å². The highest BCUT2D eigenvalue weighted by Crippen LogP contribution is 2.12. The molecule has 1 fully saturated rings. The predicted octanol–water partition coefficient (Wildman–Crippen LogP) is -0.214. The summed E-state index contributed by atoms with van der Waals surface area (Å²) in [7, 11) is 1.59. The van der Waals surface area contributed by atoms with Crippen LogP contribution in [0.5, 0.6) is 5.75 Å². The molecule has 2 N–H and O–H groups in total. The third-order valence-corrected chi connectivity index (χ3v) is 3.41. The fraction of sp³-hybridized carbons (Fsp3) is 0.467. The van der Waals surface area contributed by atoms with Crippen LogP contribution in [0.25, 0.3) is 0 Å². The standard InChI is InChI=1S/C15H21N3O3/c1-21-13-4-2-3-12(9-13)10-14(19)17-11-15(20)18-7-5-16-6-8-18/h2-4,9,16H,5-8,10-11H2,1H3,(H,17,19). The molecule has 2 rings (SSSR count). The van der Waals surface area contributed by atoms with E-state index in [4.69, 9.17) is 4.74 Å². The molecular formula is C15H21N3O3. The molecule has 0 aliphatic carbocycles. The number of benzene rings is 1. The molecule has 0 atom stereocenters. The number of hydrogen-bond donors (Lipinski definition) is 2. The summed E-state index contributed by atoms with van der Waals surface area (Å²) in [6.45, 7) is 3.07. The van der Waals surface area contributed by atoms with Crippen molar-refractivity contribution < 1.29 is 14.3 Å². The quantitative estimate of drug-likeness (QED) is 0.787. The Hall–Kier alpha value is -2.08. The van der Waals surface area contributed by atoms with E-state index in [0.29, 0.717) is 13.1 Å². The number of carbonyl (C=O) groups is 2. The first-order chi connectivity index (χ1) is 10.2. The van der Waals surface area contributed by atoms with Crippen LogP contribution in [-0.4, -0.2) is 56.5 Å². The lowest BCUT2D eigenvalue weighted by atomic mass is 10.1. The number of rotatable bonds is 5. The number of nitrogens with zero attached hydrogens (tertiary/aromatic N) is 1. The second-order valence-corrected chi connectivity index (χ2v) is 4.94. The molecule has 1 aliphatic heterocycles. The molecule has 1 aromatic rings. The normalized spacial score (nSPS) is 14.6. The Kier molecular flexibility index (Phi) is 5.57. The monoisotopic (exact) mass is 291 g/mol. The van der Waals surface area contributed by atoms with E-state index in [9.17, 15) is 9.59 Å². The van der Waals surface area contributed by atoms with Gasteiger partial charge in [-0.25, -0.2) is 0 Å². The summed E-state index contributed by atoms with van der Waals surface area (Å²) in [4.78, 5) is 25.5. The lowest BCUT2D eigenvalue weighted by Gasteiger charge is -2.27. The molecule has 0 spiro atoms. The lowest BCUT2D eigenvalue weighted by Crippen LogP contribution is -2.49. The Morgan fingerprint density at radius 3 is 2.81 bits per heavy atom. The predicted molar refractivity (Wildman–Crippen MR) is 79.2 cm³/mol. The fourth-order valence-electron chi connectivity index (χ4n) is 2.23. The molecule has 0 bridgehead atoms. The largest absolute Gasteiger partial charge is 0.497 e. The zero-order chi connectivity index (χ0) is 15.1. The second kappa shape index (κ2) is 7.64. The lowest BCUT2D eigenvalue weighted by molar-refractivity contribution is -0.133. The summed E-state index contributed by atoms with van der Waals surface area (Å²) >= 11 is 0. The number of carbonyl (C=O) groups excluding carboxylic acids is 2. The van der Waals surface area contributed by atoms with Gasteiger partial charge in [0.25, 0.3) is 0 Å². The van der Waals surface area contributed by atoms with Gasteiger partial charge in [0.15, 0.2) is 0 Å². The zero-order valence-corrected chi connectivity index (χ0v) is 12.2. The Morgan fingerprint density at radius 1 is 1.33 bits per heavy atom. The van der Waals surface area contributed by atoms with Crippen LogP contribution in [0.3, 0.4) is 0 Å². The van der Waals surface area contributed by atoms with Gasteiger partial charge in [0.2, 0.25) is 11.8 Å². The van der Waals surface area contributed by atoms with Crippen LogP contribution < -0.4 is 15.4 Å². The first-order valence-corrected chi connectivity index (χ1v) is 7.07. The average Bonchev–Trinajstić information content (AvgIpc) is 2.53. The number of amides is 2. The minimum Gasteiger partial charge on any atom is -0.497 e. The van der Waals surface area contributed by atoms with E-state index in [1.54, 1.807) is 12.0 Å².